The van der Waals surface area contributed by atoms with Crippen LogP contribution >= 0.6 is 0 Å². The summed E-state index contributed by atoms with van der Waals surface area (Å²) in [7, 11) is 0. The van der Waals surface area contributed by atoms with Gasteiger partial charge in [0.15, 0.2) is 6.61 Å². The van der Waals surface area contributed by atoms with Crippen molar-refractivity contribution in [2.45, 2.75) is 0 Å². The Bertz CT molecular complexity index is 751. The van der Waals surface area contributed by atoms with E-state index >= 15 is 0 Å². The molecule has 0 heterocycles. The molecule has 0 fully saturated rings. The van der Waals surface area contributed by atoms with Gasteiger partial charge in [-0.25, -0.2) is 4.79 Å². The number of hydrogen-bond acceptors (Lipinski definition) is 3. The summed E-state index contributed by atoms with van der Waals surface area (Å²) in [6.07, 6.45) is 0. The van der Waals surface area contributed by atoms with Gasteiger partial charge in [0.1, 0.15) is 11.5 Å². The predicted molar refractivity (Wildman–Crippen MR) is 81.5 cm³/mol. The van der Waals surface area contributed by atoms with Gasteiger partial charge in [-0.3, -0.25) is 0 Å². The Hall–Kier alpha value is -2.81. The predicted octanol–water partition coefficient (Wildman–Crippen LogP) is 3.82. The van der Waals surface area contributed by atoms with Gasteiger partial charge in [-0.1, -0.05) is 48.5 Å². The second-order valence-electron chi connectivity index (χ2n) is 4.58. The zero-order valence-electron chi connectivity index (χ0n) is 11.4. The molecule has 0 amide bonds. The second kappa shape index (κ2) is 6.09. The molecule has 0 bridgehead atoms. The molecule has 3 aromatic carbocycles. The molecule has 0 saturated carbocycles. The van der Waals surface area contributed by atoms with Crippen LogP contribution in [0.3, 0.4) is 0 Å². The molecule has 0 aliphatic carbocycles. The van der Waals surface area contributed by atoms with Crippen molar-refractivity contribution in [3.63, 3.8) is 0 Å². The molecule has 0 aliphatic heterocycles. The summed E-state index contributed by atoms with van der Waals surface area (Å²) >= 11 is 0. The SMILES string of the molecule is O=C(COc1ccc2ccccc2c1)Oc1ccccc1. The third-order valence-electron chi connectivity index (χ3n) is 3.05. The molecule has 0 radical (unpaired) electrons. The molecule has 0 saturated heterocycles. The summed E-state index contributed by atoms with van der Waals surface area (Å²) in [6, 6.07) is 22.7. The van der Waals surface area contributed by atoms with Gasteiger partial charge >= 0.3 is 5.97 Å². The van der Waals surface area contributed by atoms with E-state index in [1.807, 2.05) is 60.7 Å². The number of carbonyl (C=O) groups excluding carboxylic acids is 1. The van der Waals surface area contributed by atoms with Gasteiger partial charge < -0.3 is 9.47 Å². The van der Waals surface area contributed by atoms with Crippen molar-refractivity contribution in [1.82, 2.24) is 0 Å². The molecule has 0 atom stereocenters. The van der Waals surface area contributed by atoms with Crippen LogP contribution in [0.4, 0.5) is 0 Å². The number of ether oxygens (including phenoxy) is 2. The second-order valence-corrected chi connectivity index (χ2v) is 4.58. The summed E-state index contributed by atoms with van der Waals surface area (Å²) in [6.45, 7) is -0.118. The van der Waals surface area contributed by atoms with Crippen molar-refractivity contribution < 1.29 is 14.3 Å². The summed E-state index contributed by atoms with van der Waals surface area (Å²) in [5.74, 6) is 0.748. The molecule has 0 N–H and O–H groups in total. The molecular weight excluding hydrogens is 264 g/mol. The minimum atomic E-state index is -0.422. The lowest BCUT2D eigenvalue weighted by molar-refractivity contribution is -0.136. The number of benzene rings is 3. The molecule has 0 aromatic heterocycles. The molecular formula is C18H14O3. The lowest BCUT2D eigenvalue weighted by Crippen LogP contribution is -2.17. The first-order chi connectivity index (χ1) is 10.3. The maximum Gasteiger partial charge on any atom is 0.349 e. The van der Waals surface area contributed by atoms with Crippen LogP contribution in [0.5, 0.6) is 11.5 Å². The third-order valence-corrected chi connectivity index (χ3v) is 3.05. The summed E-state index contributed by atoms with van der Waals surface area (Å²) < 4.78 is 10.6. The first-order valence-electron chi connectivity index (χ1n) is 6.68. The standard InChI is InChI=1S/C18H14O3/c19-18(21-16-8-2-1-3-9-16)13-20-17-11-10-14-6-4-5-7-15(14)12-17/h1-12H,13H2. The average molecular weight is 278 g/mol. The molecule has 0 unspecified atom stereocenters. The van der Waals surface area contributed by atoms with Crippen molar-refractivity contribution in [3.8, 4) is 11.5 Å². The van der Waals surface area contributed by atoms with Crippen molar-refractivity contribution in [1.29, 1.82) is 0 Å². The first-order valence-corrected chi connectivity index (χ1v) is 6.68. The third kappa shape index (κ3) is 3.39. The molecule has 3 nitrogen and oxygen atoms in total. The molecule has 3 aromatic rings. The highest BCUT2D eigenvalue weighted by molar-refractivity contribution is 5.83. The fourth-order valence-electron chi connectivity index (χ4n) is 2.05. The average Bonchev–Trinajstić information content (AvgIpc) is 2.54. The molecule has 104 valence electrons. The fourth-order valence-corrected chi connectivity index (χ4v) is 2.05. The van der Waals surface area contributed by atoms with E-state index < -0.39 is 5.97 Å². The van der Waals surface area contributed by atoms with E-state index in [-0.39, 0.29) is 6.61 Å². The van der Waals surface area contributed by atoms with Crippen molar-refractivity contribution in [2.75, 3.05) is 6.61 Å². The first kappa shape index (κ1) is 13.2. The van der Waals surface area contributed by atoms with Crippen LogP contribution in [0.25, 0.3) is 10.8 Å². The Morgan fingerprint density at radius 1 is 0.762 bits per heavy atom. The molecule has 21 heavy (non-hydrogen) atoms. The summed E-state index contributed by atoms with van der Waals surface area (Å²) in [5, 5.41) is 2.21. The van der Waals surface area contributed by atoms with Gasteiger partial charge in [0.25, 0.3) is 0 Å². The van der Waals surface area contributed by atoms with Gasteiger partial charge in [-0.05, 0) is 35.0 Å². The fraction of sp³-hybridized carbons (Fsp3) is 0.0556. The van der Waals surface area contributed by atoms with E-state index in [9.17, 15) is 4.79 Å². The normalized spacial score (nSPS) is 10.3. The maximum atomic E-state index is 11.7. The van der Waals surface area contributed by atoms with Gasteiger partial charge in [0.05, 0.1) is 0 Å². The van der Waals surface area contributed by atoms with Crippen LogP contribution in [0.15, 0.2) is 72.8 Å². The highest BCUT2D eigenvalue weighted by atomic mass is 16.6. The van der Waals surface area contributed by atoms with E-state index in [0.717, 1.165) is 10.8 Å². The van der Waals surface area contributed by atoms with Crippen molar-refractivity contribution in [3.05, 3.63) is 72.8 Å². The van der Waals surface area contributed by atoms with Crippen LogP contribution in [0, 0.1) is 0 Å². The summed E-state index contributed by atoms with van der Waals surface area (Å²) in [5.41, 5.74) is 0. The number of para-hydroxylation sites is 1. The minimum Gasteiger partial charge on any atom is -0.482 e. The number of rotatable bonds is 4. The van der Waals surface area contributed by atoms with E-state index in [4.69, 9.17) is 9.47 Å². The lowest BCUT2D eigenvalue weighted by atomic mass is 10.1. The molecule has 0 aliphatic rings. The smallest absolute Gasteiger partial charge is 0.349 e. The van der Waals surface area contributed by atoms with Crippen LogP contribution in [0.1, 0.15) is 0 Å². The minimum absolute atomic E-state index is 0.118. The molecule has 0 spiro atoms. The zero-order chi connectivity index (χ0) is 14.5. The zero-order valence-corrected chi connectivity index (χ0v) is 11.4. The van der Waals surface area contributed by atoms with E-state index in [2.05, 4.69) is 0 Å². The van der Waals surface area contributed by atoms with Gasteiger partial charge in [0, 0.05) is 0 Å². The Morgan fingerprint density at radius 3 is 2.29 bits per heavy atom. The van der Waals surface area contributed by atoms with Crippen LogP contribution in [-0.2, 0) is 4.79 Å². The quantitative estimate of drug-likeness (QED) is 0.537. The van der Waals surface area contributed by atoms with E-state index in [0.29, 0.717) is 11.5 Å². The number of esters is 1. The highest BCUT2D eigenvalue weighted by Crippen LogP contribution is 2.20. The van der Waals surface area contributed by atoms with Crippen molar-refractivity contribution >= 4 is 16.7 Å². The largest absolute Gasteiger partial charge is 0.482 e. The monoisotopic (exact) mass is 278 g/mol. The Labute approximate surface area is 122 Å². The topological polar surface area (TPSA) is 35.5 Å². The number of hydrogen-bond donors (Lipinski definition) is 0. The van der Waals surface area contributed by atoms with Gasteiger partial charge in [-0.15, -0.1) is 0 Å². The Balaban J connectivity index is 1.62. The van der Waals surface area contributed by atoms with Gasteiger partial charge in [0.2, 0.25) is 0 Å². The van der Waals surface area contributed by atoms with E-state index in [1.54, 1.807) is 12.1 Å². The van der Waals surface area contributed by atoms with Crippen LogP contribution in [-0.4, -0.2) is 12.6 Å². The highest BCUT2D eigenvalue weighted by Gasteiger charge is 2.06. The van der Waals surface area contributed by atoms with Crippen LogP contribution < -0.4 is 9.47 Å². The summed E-state index contributed by atoms with van der Waals surface area (Å²) in [4.78, 5) is 11.7. The Morgan fingerprint density at radius 2 is 1.48 bits per heavy atom. The lowest BCUT2D eigenvalue weighted by Gasteiger charge is -2.07. The van der Waals surface area contributed by atoms with Crippen molar-refractivity contribution in [2.24, 2.45) is 0 Å². The number of carbonyl (C=O) groups is 1. The van der Waals surface area contributed by atoms with Crippen LogP contribution in [0.2, 0.25) is 0 Å². The molecule has 3 rings (SSSR count). The van der Waals surface area contributed by atoms with E-state index in [1.165, 1.54) is 0 Å². The maximum absolute atomic E-state index is 11.7. The molecule has 3 heteroatoms. The number of fused-ring (bicyclic) bond motifs is 1. The Kier molecular flexibility index (Phi) is 3.83. The van der Waals surface area contributed by atoms with Gasteiger partial charge in [-0.2, -0.15) is 0 Å².